The lowest BCUT2D eigenvalue weighted by atomic mass is 10.1. The molecule has 1 aliphatic heterocycles. The molecular formula is C11H21N3. The third kappa shape index (κ3) is 3.65. The van der Waals surface area contributed by atoms with E-state index in [0.717, 1.165) is 19.6 Å². The van der Waals surface area contributed by atoms with Crippen molar-refractivity contribution in [3.63, 3.8) is 0 Å². The summed E-state index contributed by atoms with van der Waals surface area (Å²) in [5.74, 6) is 0.711. The molecule has 2 atom stereocenters. The van der Waals surface area contributed by atoms with Gasteiger partial charge in [0.05, 0.1) is 12.5 Å². The highest BCUT2D eigenvalue weighted by atomic mass is 15.2. The summed E-state index contributed by atoms with van der Waals surface area (Å²) in [4.78, 5) is 2.47. The van der Waals surface area contributed by atoms with Crippen molar-refractivity contribution in [1.82, 2.24) is 10.2 Å². The Morgan fingerprint density at radius 1 is 1.50 bits per heavy atom. The predicted molar refractivity (Wildman–Crippen MR) is 57.9 cm³/mol. The van der Waals surface area contributed by atoms with Gasteiger partial charge in [0.1, 0.15) is 0 Å². The minimum absolute atomic E-state index is 0.363. The van der Waals surface area contributed by atoms with Crippen LogP contribution < -0.4 is 5.32 Å². The Labute approximate surface area is 87.1 Å². The number of nitrogens with zero attached hydrogens (tertiary/aromatic N) is 2. The largest absolute Gasteiger partial charge is 0.308 e. The van der Waals surface area contributed by atoms with Crippen molar-refractivity contribution in [3.05, 3.63) is 0 Å². The first kappa shape index (κ1) is 11.5. The molecule has 0 amide bonds. The van der Waals surface area contributed by atoms with Gasteiger partial charge in [-0.3, -0.25) is 4.90 Å². The Morgan fingerprint density at radius 2 is 2.21 bits per heavy atom. The van der Waals surface area contributed by atoms with Gasteiger partial charge in [-0.25, -0.2) is 0 Å². The Balaban J connectivity index is 2.42. The lowest BCUT2D eigenvalue weighted by Crippen LogP contribution is -2.55. The maximum absolute atomic E-state index is 8.66. The van der Waals surface area contributed by atoms with Gasteiger partial charge in [-0.1, -0.05) is 13.8 Å². The van der Waals surface area contributed by atoms with Crippen LogP contribution in [0.4, 0.5) is 0 Å². The Morgan fingerprint density at radius 3 is 2.79 bits per heavy atom. The smallest absolute Gasteiger partial charge is 0.0638 e. The van der Waals surface area contributed by atoms with E-state index >= 15 is 0 Å². The van der Waals surface area contributed by atoms with Crippen LogP contribution in [0, 0.1) is 17.2 Å². The fraction of sp³-hybridized carbons (Fsp3) is 0.909. The van der Waals surface area contributed by atoms with Crippen LogP contribution in [0.15, 0.2) is 0 Å². The molecule has 80 valence electrons. The zero-order chi connectivity index (χ0) is 10.6. The normalized spacial score (nSPS) is 29.1. The van der Waals surface area contributed by atoms with Gasteiger partial charge < -0.3 is 5.32 Å². The quantitative estimate of drug-likeness (QED) is 0.736. The molecule has 14 heavy (non-hydrogen) atoms. The molecule has 3 heteroatoms. The first-order valence-electron chi connectivity index (χ1n) is 5.47. The summed E-state index contributed by atoms with van der Waals surface area (Å²) in [6, 6.07) is 3.12. The van der Waals surface area contributed by atoms with Crippen molar-refractivity contribution >= 4 is 0 Å². The van der Waals surface area contributed by atoms with Gasteiger partial charge in [0.2, 0.25) is 0 Å². The first-order valence-corrected chi connectivity index (χ1v) is 5.47. The van der Waals surface area contributed by atoms with E-state index in [1.165, 1.54) is 0 Å². The number of hydrogen-bond acceptors (Lipinski definition) is 3. The van der Waals surface area contributed by atoms with Crippen LogP contribution in [-0.4, -0.2) is 36.6 Å². The van der Waals surface area contributed by atoms with Gasteiger partial charge in [-0.15, -0.1) is 0 Å². The fourth-order valence-corrected chi connectivity index (χ4v) is 2.18. The molecule has 1 aliphatic rings. The van der Waals surface area contributed by atoms with Crippen molar-refractivity contribution in [3.8, 4) is 6.07 Å². The highest BCUT2D eigenvalue weighted by Gasteiger charge is 2.23. The molecular weight excluding hydrogens is 174 g/mol. The van der Waals surface area contributed by atoms with Gasteiger partial charge >= 0.3 is 0 Å². The van der Waals surface area contributed by atoms with Crippen LogP contribution >= 0.6 is 0 Å². The van der Waals surface area contributed by atoms with E-state index in [2.05, 4.69) is 37.1 Å². The predicted octanol–water partition coefficient (Wildman–Crippen LogP) is 1.22. The number of hydrogen-bond donors (Lipinski definition) is 1. The molecule has 1 N–H and O–H groups in total. The lowest BCUT2D eigenvalue weighted by Gasteiger charge is -2.37. The average Bonchev–Trinajstić information content (AvgIpc) is 2.01. The molecule has 2 unspecified atom stereocenters. The van der Waals surface area contributed by atoms with Gasteiger partial charge in [-0.05, 0) is 12.8 Å². The molecule has 0 bridgehead atoms. The van der Waals surface area contributed by atoms with E-state index in [1.807, 2.05) is 0 Å². The highest BCUT2D eigenvalue weighted by molar-refractivity contribution is 4.89. The average molecular weight is 195 g/mol. The van der Waals surface area contributed by atoms with Crippen LogP contribution in [-0.2, 0) is 0 Å². The summed E-state index contributed by atoms with van der Waals surface area (Å²) in [6.07, 6.45) is 0.624. The molecule has 1 saturated heterocycles. The van der Waals surface area contributed by atoms with Gasteiger partial charge in [0, 0.05) is 31.7 Å². The van der Waals surface area contributed by atoms with Crippen LogP contribution in [0.3, 0.4) is 0 Å². The van der Waals surface area contributed by atoms with Crippen molar-refractivity contribution in [2.24, 2.45) is 5.92 Å². The second-order valence-corrected chi connectivity index (χ2v) is 4.74. The Hall–Kier alpha value is -0.590. The minimum Gasteiger partial charge on any atom is -0.308 e. The first-order chi connectivity index (χ1) is 6.61. The SMILES string of the molecule is CC(C)CN1CC(C)NC(CC#N)C1. The van der Waals surface area contributed by atoms with Crippen LogP contribution in [0.5, 0.6) is 0 Å². The second-order valence-electron chi connectivity index (χ2n) is 4.74. The molecule has 0 aromatic carbocycles. The molecule has 0 aliphatic carbocycles. The third-order valence-electron chi connectivity index (χ3n) is 2.49. The van der Waals surface area contributed by atoms with Gasteiger partial charge in [0.25, 0.3) is 0 Å². The van der Waals surface area contributed by atoms with Crippen LogP contribution in [0.25, 0.3) is 0 Å². The molecule has 3 nitrogen and oxygen atoms in total. The number of piperazine rings is 1. The van der Waals surface area contributed by atoms with Crippen LogP contribution in [0.2, 0.25) is 0 Å². The lowest BCUT2D eigenvalue weighted by molar-refractivity contribution is 0.153. The van der Waals surface area contributed by atoms with E-state index < -0.39 is 0 Å². The summed E-state index contributed by atoms with van der Waals surface area (Å²) in [7, 11) is 0. The monoisotopic (exact) mass is 195 g/mol. The molecule has 0 aromatic heterocycles. The van der Waals surface area contributed by atoms with Crippen molar-refractivity contribution in [2.75, 3.05) is 19.6 Å². The van der Waals surface area contributed by atoms with Gasteiger partial charge in [0.15, 0.2) is 0 Å². The maximum atomic E-state index is 8.66. The summed E-state index contributed by atoms with van der Waals surface area (Å²) in [5, 5.41) is 12.1. The van der Waals surface area contributed by atoms with E-state index in [-0.39, 0.29) is 0 Å². The summed E-state index contributed by atoms with van der Waals surface area (Å²) in [5.41, 5.74) is 0. The van der Waals surface area contributed by atoms with Crippen molar-refractivity contribution in [1.29, 1.82) is 5.26 Å². The molecule has 0 radical (unpaired) electrons. The second kappa shape index (κ2) is 5.33. The fourth-order valence-electron chi connectivity index (χ4n) is 2.18. The third-order valence-corrected chi connectivity index (χ3v) is 2.49. The van der Waals surface area contributed by atoms with Crippen molar-refractivity contribution in [2.45, 2.75) is 39.3 Å². The summed E-state index contributed by atoms with van der Waals surface area (Å²) >= 11 is 0. The summed E-state index contributed by atoms with van der Waals surface area (Å²) in [6.45, 7) is 9.96. The highest BCUT2D eigenvalue weighted by Crippen LogP contribution is 2.09. The molecule has 0 aromatic rings. The molecule has 0 spiro atoms. The zero-order valence-electron chi connectivity index (χ0n) is 9.45. The van der Waals surface area contributed by atoms with Gasteiger partial charge in [-0.2, -0.15) is 5.26 Å². The van der Waals surface area contributed by atoms with E-state index in [0.29, 0.717) is 24.4 Å². The van der Waals surface area contributed by atoms with E-state index in [4.69, 9.17) is 5.26 Å². The minimum atomic E-state index is 0.363. The molecule has 1 heterocycles. The Kier molecular flexibility index (Phi) is 4.37. The maximum Gasteiger partial charge on any atom is 0.0638 e. The van der Waals surface area contributed by atoms with Crippen LogP contribution in [0.1, 0.15) is 27.2 Å². The zero-order valence-corrected chi connectivity index (χ0v) is 9.45. The number of rotatable bonds is 3. The molecule has 1 rings (SSSR count). The number of nitrogens with one attached hydrogen (secondary N) is 1. The van der Waals surface area contributed by atoms with E-state index in [1.54, 1.807) is 0 Å². The topological polar surface area (TPSA) is 39.1 Å². The van der Waals surface area contributed by atoms with E-state index in [9.17, 15) is 0 Å². The number of nitriles is 1. The Bertz CT molecular complexity index is 205. The molecule has 1 fully saturated rings. The summed E-state index contributed by atoms with van der Waals surface area (Å²) < 4.78 is 0. The standard InChI is InChI=1S/C11H21N3/c1-9(2)6-14-7-10(3)13-11(8-14)4-5-12/h9-11,13H,4,6-8H2,1-3H3. The van der Waals surface area contributed by atoms with Crippen molar-refractivity contribution < 1.29 is 0 Å². The molecule has 0 saturated carbocycles.